The Hall–Kier alpha value is -3.93. The molecule has 0 atom stereocenters. The zero-order valence-corrected chi connectivity index (χ0v) is 19.4. The van der Waals surface area contributed by atoms with Gasteiger partial charge in [-0.2, -0.15) is 13.2 Å². The second-order valence-corrected chi connectivity index (χ2v) is 8.39. The Morgan fingerprint density at radius 1 is 0.971 bits per heavy atom. The number of carbonyl (C=O) groups is 1. The molecule has 0 aliphatic heterocycles. The van der Waals surface area contributed by atoms with Crippen molar-refractivity contribution in [2.24, 2.45) is 0 Å². The van der Waals surface area contributed by atoms with Crippen LogP contribution in [0, 0.1) is 0 Å². The van der Waals surface area contributed by atoms with Gasteiger partial charge < -0.3 is 4.74 Å². The molecule has 0 amide bonds. The third-order valence-electron chi connectivity index (χ3n) is 5.55. The van der Waals surface area contributed by atoms with Gasteiger partial charge in [0.25, 0.3) is 0 Å². The van der Waals surface area contributed by atoms with Gasteiger partial charge in [-0.25, -0.2) is 0 Å². The Kier molecular flexibility index (Phi) is 7.01. The first kappa shape index (κ1) is 24.2. The van der Waals surface area contributed by atoms with Crippen LogP contribution in [-0.4, -0.2) is 17.4 Å². The van der Waals surface area contributed by atoms with Crippen LogP contribution >= 0.6 is 0 Å². The van der Waals surface area contributed by atoms with E-state index in [2.05, 4.69) is 11.1 Å². The lowest BCUT2D eigenvalue weighted by molar-refractivity contribution is -0.136. The molecule has 0 saturated heterocycles. The lowest BCUT2D eigenvalue weighted by Gasteiger charge is -2.16. The predicted molar refractivity (Wildman–Crippen MR) is 132 cm³/mol. The molecular formula is C29H24F3NO2. The highest BCUT2D eigenvalue weighted by atomic mass is 19.4. The maximum Gasteiger partial charge on any atom is 0.418 e. The van der Waals surface area contributed by atoms with Crippen molar-refractivity contribution < 1.29 is 22.7 Å². The molecule has 0 unspecified atom stereocenters. The van der Waals surface area contributed by atoms with Gasteiger partial charge in [0.2, 0.25) is 0 Å². The lowest BCUT2D eigenvalue weighted by atomic mass is 9.91. The highest BCUT2D eigenvalue weighted by Gasteiger charge is 2.34. The molecule has 0 fully saturated rings. The molecular weight excluding hydrogens is 451 g/mol. The number of alkyl halides is 3. The van der Waals surface area contributed by atoms with Gasteiger partial charge in [-0.3, -0.25) is 9.78 Å². The molecule has 0 N–H and O–H groups in total. The average molecular weight is 476 g/mol. The summed E-state index contributed by atoms with van der Waals surface area (Å²) in [5.41, 5.74) is 1.77. The number of ketones is 1. The number of allylic oxidation sites excluding steroid dienone is 1. The third-order valence-corrected chi connectivity index (χ3v) is 5.55. The van der Waals surface area contributed by atoms with E-state index in [0.717, 1.165) is 12.5 Å². The summed E-state index contributed by atoms with van der Waals surface area (Å²) in [5.74, 6) is 0.252. The summed E-state index contributed by atoms with van der Waals surface area (Å²) in [5, 5.41) is 0.253. The zero-order chi connectivity index (χ0) is 25.0. The number of hydrogen-bond donors (Lipinski definition) is 0. The van der Waals surface area contributed by atoms with Crippen LogP contribution in [0.4, 0.5) is 13.2 Å². The van der Waals surface area contributed by atoms with Crippen molar-refractivity contribution in [1.82, 2.24) is 4.98 Å². The van der Waals surface area contributed by atoms with E-state index in [1.807, 2.05) is 13.8 Å². The Morgan fingerprint density at radius 2 is 1.71 bits per heavy atom. The Labute approximate surface area is 201 Å². The molecule has 6 heteroatoms. The molecule has 0 saturated carbocycles. The number of pyridine rings is 1. The molecule has 0 aliphatic carbocycles. The van der Waals surface area contributed by atoms with E-state index in [-0.39, 0.29) is 22.2 Å². The van der Waals surface area contributed by atoms with Crippen LogP contribution in [0.2, 0.25) is 0 Å². The summed E-state index contributed by atoms with van der Waals surface area (Å²) < 4.78 is 47.1. The molecule has 0 spiro atoms. The lowest BCUT2D eigenvalue weighted by Crippen LogP contribution is -2.09. The second kappa shape index (κ2) is 10.1. The maximum atomic E-state index is 13.7. The molecule has 0 aliphatic rings. The molecule has 178 valence electrons. The predicted octanol–water partition coefficient (Wildman–Crippen LogP) is 7.89. The minimum atomic E-state index is -4.58. The van der Waals surface area contributed by atoms with Gasteiger partial charge >= 0.3 is 6.18 Å². The van der Waals surface area contributed by atoms with Crippen LogP contribution in [0.3, 0.4) is 0 Å². The van der Waals surface area contributed by atoms with E-state index >= 15 is 0 Å². The SMILES string of the molecule is CC(C)=CCCOc1cccc(-c2c(C(=O)c3ccccc3)cnc3c(C(F)(F)F)cccc23)c1. The molecule has 4 rings (SSSR count). The zero-order valence-electron chi connectivity index (χ0n) is 19.4. The topological polar surface area (TPSA) is 39.2 Å². The first-order valence-corrected chi connectivity index (χ1v) is 11.2. The van der Waals surface area contributed by atoms with Gasteiger partial charge in [0.05, 0.1) is 17.7 Å². The minimum absolute atomic E-state index is 0.200. The molecule has 3 nitrogen and oxygen atoms in total. The number of benzene rings is 3. The fraction of sp³-hybridized carbons (Fsp3) is 0.172. The van der Waals surface area contributed by atoms with E-state index in [1.54, 1.807) is 60.7 Å². The van der Waals surface area contributed by atoms with Crippen LogP contribution in [0.15, 0.2) is 90.6 Å². The van der Waals surface area contributed by atoms with Crippen LogP contribution in [0.5, 0.6) is 5.75 Å². The Morgan fingerprint density at radius 3 is 2.43 bits per heavy atom. The van der Waals surface area contributed by atoms with Gasteiger partial charge in [-0.05, 0) is 44.0 Å². The van der Waals surface area contributed by atoms with Crippen LogP contribution in [-0.2, 0) is 6.18 Å². The van der Waals surface area contributed by atoms with Crippen LogP contribution in [0.1, 0.15) is 41.8 Å². The van der Waals surface area contributed by atoms with E-state index in [0.29, 0.717) is 29.0 Å². The van der Waals surface area contributed by atoms with E-state index in [9.17, 15) is 18.0 Å². The Bertz CT molecular complexity index is 1390. The number of rotatable bonds is 7. The van der Waals surface area contributed by atoms with E-state index < -0.39 is 11.7 Å². The second-order valence-electron chi connectivity index (χ2n) is 8.39. The van der Waals surface area contributed by atoms with Crippen molar-refractivity contribution in [3.63, 3.8) is 0 Å². The van der Waals surface area contributed by atoms with Crippen molar-refractivity contribution in [1.29, 1.82) is 0 Å². The standard InChI is InChI=1S/C29H24F3NO2/c1-19(2)9-8-16-35-22-13-6-12-21(17-22)26-23-14-7-15-25(29(30,31)32)27(23)33-18-24(26)28(34)20-10-4-3-5-11-20/h3-7,9-15,17-18H,8,16H2,1-2H3. The van der Waals surface area contributed by atoms with Crippen molar-refractivity contribution in [2.45, 2.75) is 26.4 Å². The average Bonchev–Trinajstić information content (AvgIpc) is 2.85. The number of hydrogen-bond acceptors (Lipinski definition) is 3. The first-order valence-electron chi connectivity index (χ1n) is 11.2. The smallest absolute Gasteiger partial charge is 0.418 e. The monoisotopic (exact) mass is 475 g/mol. The first-order chi connectivity index (χ1) is 16.8. The molecule has 35 heavy (non-hydrogen) atoms. The normalized spacial score (nSPS) is 11.3. The fourth-order valence-electron chi connectivity index (χ4n) is 3.95. The highest BCUT2D eigenvalue weighted by molar-refractivity contribution is 6.16. The third kappa shape index (κ3) is 5.43. The van der Waals surface area contributed by atoms with Gasteiger partial charge in [-0.15, -0.1) is 0 Å². The van der Waals surface area contributed by atoms with Crippen LogP contribution < -0.4 is 4.74 Å². The van der Waals surface area contributed by atoms with Crippen LogP contribution in [0.25, 0.3) is 22.0 Å². The molecule has 0 radical (unpaired) electrons. The molecule has 3 aromatic carbocycles. The van der Waals surface area contributed by atoms with Gasteiger partial charge in [-0.1, -0.05) is 66.2 Å². The highest BCUT2D eigenvalue weighted by Crippen LogP contribution is 2.39. The summed E-state index contributed by atoms with van der Waals surface area (Å²) in [4.78, 5) is 17.5. The summed E-state index contributed by atoms with van der Waals surface area (Å²) in [6.45, 7) is 4.48. The van der Waals surface area contributed by atoms with E-state index in [4.69, 9.17) is 4.74 Å². The summed E-state index contributed by atoms with van der Waals surface area (Å²) in [6, 6.07) is 19.6. The number of nitrogens with zero attached hydrogens (tertiary/aromatic N) is 1. The van der Waals surface area contributed by atoms with E-state index in [1.165, 1.54) is 17.8 Å². The number of carbonyl (C=O) groups excluding carboxylic acids is 1. The minimum Gasteiger partial charge on any atom is -0.493 e. The number of aromatic nitrogens is 1. The van der Waals surface area contributed by atoms with Crippen molar-refractivity contribution in [3.8, 4) is 16.9 Å². The summed E-state index contributed by atoms with van der Waals surface area (Å²) in [6.07, 6.45) is -0.540. The molecule has 1 aromatic heterocycles. The fourth-order valence-corrected chi connectivity index (χ4v) is 3.95. The van der Waals surface area contributed by atoms with Crippen molar-refractivity contribution >= 4 is 16.7 Å². The van der Waals surface area contributed by atoms with Crippen molar-refractivity contribution in [3.05, 3.63) is 107 Å². The van der Waals surface area contributed by atoms with Gasteiger partial charge in [0.1, 0.15) is 5.75 Å². The van der Waals surface area contributed by atoms with Gasteiger partial charge in [0.15, 0.2) is 5.78 Å². The number of halogens is 3. The van der Waals surface area contributed by atoms with Crippen molar-refractivity contribution in [2.75, 3.05) is 6.61 Å². The van der Waals surface area contributed by atoms with Gasteiger partial charge in [0, 0.05) is 28.3 Å². The molecule has 0 bridgehead atoms. The molecule has 1 heterocycles. The summed E-state index contributed by atoms with van der Waals surface area (Å²) >= 11 is 0. The molecule has 4 aromatic rings. The Balaban J connectivity index is 1.88. The quantitative estimate of drug-likeness (QED) is 0.155. The number of fused-ring (bicyclic) bond motifs is 1. The largest absolute Gasteiger partial charge is 0.493 e. The maximum absolute atomic E-state index is 13.7. The number of para-hydroxylation sites is 1. The number of ether oxygens (including phenoxy) is 1. The summed E-state index contributed by atoms with van der Waals surface area (Å²) in [7, 11) is 0.